The van der Waals surface area contributed by atoms with Crippen molar-refractivity contribution in [1.82, 2.24) is 9.29 Å². The Hall–Kier alpha value is -1.43. The summed E-state index contributed by atoms with van der Waals surface area (Å²) in [6.07, 6.45) is 2.15. The van der Waals surface area contributed by atoms with Gasteiger partial charge in [-0.05, 0) is 30.0 Å². The second kappa shape index (κ2) is 5.75. The van der Waals surface area contributed by atoms with Crippen LogP contribution in [-0.2, 0) is 10.0 Å². The van der Waals surface area contributed by atoms with Gasteiger partial charge >= 0.3 is 0 Å². The minimum atomic E-state index is -3.48. The van der Waals surface area contributed by atoms with Crippen LogP contribution in [0.1, 0.15) is 17.9 Å². The summed E-state index contributed by atoms with van der Waals surface area (Å²) in [6.45, 7) is 1.04. The quantitative estimate of drug-likeness (QED) is 0.816. The van der Waals surface area contributed by atoms with Gasteiger partial charge in [0.1, 0.15) is 10.0 Å². The summed E-state index contributed by atoms with van der Waals surface area (Å²) in [4.78, 5) is 4.05. The molecule has 6 heteroatoms. The predicted octanol–water partition coefficient (Wildman–Crippen LogP) is 2.91. The molecule has 0 bridgehead atoms. The van der Waals surface area contributed by atoms with Crippen molar-refractivity contribution in [3.63, 3.8) is 0 Å². The second-order valence-electron chi connectivity index (χ2n) is 5.08. The minimum absolute atomic E-state index is 0.195. The lowest BCUT2D eigenvalue weighted by Crippen LogP contribution is -2.28. The molecule has 110 valence electrons. The molecule has 2 heterocycles. The van der Waals surface area contributed by atoms with Crippen molar-refractivity contribution in [3.05, 3.63) is 59.4 Å². The maximum Gasteiger partial charge on any atom is 0.244 e. The molecule has 1 aromatic heterocycles. The van der Waals surface area contributed by atoms with Gasteiger partial charge in [-0.15, -0.1) is 0 Å². The van der Waals surface area contributed by atoms with Crippen molar-refractivity contribution in [2.45, 2.75) is 17.2 Å². The fourth-order valence-corrected chi connectivity index (χ4v) is 4.17. The van der Waals surface area contributed by atoms with Crippen molar-refractivity contribution < 1.29 is 8.42 Å². The third kappa shape index (κ3) is 2.95. The molecule has 0 radical (unpaired) electrons. The topological polar surface area (TPSA) is 50.3 Å². The van der Waals surface area contributed by atoms with Crippen LogP contribution >= 0.6 is 11.6 Å². The Morgan fingerprint density at radius 1 is 1.14 bits per heavy atom. The highest BCUT2D eigenvalue weighted by Gasteiger charge is 2.33. The molecule has 2 aromatic rings. The van der Waals surface area contributed by atoms with Gasteiger partial charge in [-0.25, -0.2) is 13.4 Å². The smallest absolute Gasteiger partial charge is 0.243 e. The molecule has 0 N–H and O–H groups in total. The van der Waals surface area contributed by atoms with Gasteiger partial charge in [0.15, 0.2) is 0 Å². The highest BCUT2D eigenvalue weighted by Crippen LogP contribution is 2.30. The number of aromatic nitrogens is 1. The lowest BCUT2D eigenvalue weighted by molar-refractivity contribution is 0.472. The Labute approximate surface area is 129 Å². The average Bonchev–Trinajstić information content (AvgIpc) is 2.99. The van der Waals surface area contributed by atoms with Gasteiger partial charge in [0.05, 0.1) is 0 Å². The van der Waals surface area contributed by atoms with E-state index < -0.39 is 10.0 Å². The van der Waals surface area contributed by atoms with Gasteiger partial charge in [0, 0.05) is 19.3 Å². The van der Waals surface area contributed by atoms with Crippen LogP contribution in [0.4, 0.5) is 0 Å². The van der Waals surface area contributed by atoms with Crippen LogP contribution in [0.15, 0.2) is 53.6 Å². The largest absolute Gasteiger partial charge is 0.244 e. The zero-order valence-electron chi connectivity index (χ0n) is 11.3. The number of nitrogens with zero attached hydrogens (tertiary/aromatic N) is 2. The van der Waals surface area contributed by atoms with E-state index in [1.807, 2.05) is 30.3 Å². The number of hydrogen-bond acceptors (Lipinski definition) is 3. The minimum Gasteiger partial charge on any atom is -0.243 e. The van der Waals surface area contributed by atoms with E-state index >= 15 is 0 Å². The normalized spacial score (nSPS) is 19.8. The number of benzene rings is 1. The number of pyridine rings is 1. The number of halogens is 1. The SMILES string of the molecule is O=S(=O)(c1ccc(Cl)nc1)N1CCC(c2ccccc2)C1. The van der Waals surface area contributed by atoms with Gasteiger partial charge in [-0.1, -0.05) is 41.9 Å². The maximum atomic E-state index is 12.6. The molecule has 1 atom stereocenters. The first-order chi connectivity index (χ1) is 10.1. The van der Waals surface area contributed by atoms with Crippen molar-refractivity contribution in [2.24, 2.45) is 0 Å². The first-order valence-corrected chi connectivity index (χ1v) is 8.56. The molecule has 21 heavy (non-hydrogen) atoms. The molecule has 0 saturated carbocycles. The van der Waals surface area contributed by atoms with E-state index in [0.29, 0.717) is 13.1 Å². The van der Waals surface area contributed by atoms with Crippen molar-refractivity contribution in [3.8, 4) is 0 Å². The van der Waals surface area contributed by atoms with E-state index in [2.05, 4.69) is 4.98 Å². The van der Waals surface area contributed by atoms with E-state index in [0.717, 1.165) is 6.42 Å². The lowest BCUT2D eigenvalue weighted by Gasteiger charge is -2.16. The van der Waals surface area contributed by atoms with Crippen LogP contribution < -0.4 is 0 Å². The van der Waals surface area contributed by atoms with Crippen LogP contribution in [0.25, 0.3) is 0 Å². The molecular weight excluding hydrogens is 308 g/mol. The molecule has 1 fully saturated rings. The van der Waals surface area contributed by atoms with Crippen molar-refractivity contribution in [1.29, 1.82) is 0 Å². The van der Waals surface area contributed by atoms with E-state index in [1.54, 1.807) is 0 Å². The van der Waals surface area contributed by atoms with Gasteiger partial charge < -0.3 is 0 Å². The molecule has 1 unspecified atom stereocenters. The van der Waals surface area contributed by atoms with Crippen molar-refractivity contribution in [2.75, 3.05) is 13.1 Å². The Morgan fingerprint density at radius 2 is 1.90 bits per heavy atom. The molecule has 1 aromatic carbocycles. The van der Waals surface area contributed by atoms with Crippen LogP contribution in [-0.4, -0.2) is 30.8 Å². The number of rotatable bonds is 3. The fourth-order valence-electron chi connectivity index (χ4n) is 2.61. The molecule has 1 saturated heterocycles. The van der Waals surface area contributed by atoms with Gasteiger partial charge in [0.2, 0.25) is 10.0 Å². The summed E-state index contributed by atoms with van der Waals surface area (Å²) in [5.74, 6) is 0.251. The highest BCUT2D eigenvalue weighted by molar-refractivity contribution is 7.89. The molecule has 3 rings (SSSR count). The Bertz CT molecular complexity index is 717. The fraction of sp³-hybridized carbons (Fsp3) is 0.267. The number of hydrogen-bond donors (Lipinski definition) is 0. The van der Waals surface area contributed by atoms with Gasteiger partial charge in [0.25, 0.3) is 0 Å². The molecule has 0 spiro atoms. The average molecular weight is 323 g/mol. The third-order valence-corrected chi connectivity index (χ3v) is 5.83. The Morgan fingerprint density at radius 3 is 2.57 bits per heavy atom. The zero-order valence-corrected chi connectivity index (χ0v) is 12.9. The van der Waals surface area contributed by atoms with Gasteiger partial charge in [-0.3, -0.25) is 0 Å². The zero-order chi connectivity index (χ0) is 14.9. The summed E-state index contributed by atoms with van der Waals surface area (Å²) in [6, 6.07) is 13.0. The van der Waals surface area contributed by atoms with Gasteiger partial charge in [-0.2, -0.15) is 4.31 Å². The lowest BCUT2D eigenvalue weighted by atomic mass is 9.99. The Balaban J connectivity index is 1.81. The molecule has 4 nitrogen and oxygen atoms in total. The summed E-state index contributed by atoms with van der Waals surface area (Å²) in [7, 11) is -3.48. The third-order valence-electron chi connectivity index (χ3n) is 3.76. The van der Waals surface area contributed by atoms with Crippen molar-refractivity contribution >= 4 is 21.6 Å². The van der Waals surface area contributed by atoms with Crippen LogP contribution in [0.5, 0.6) is 0 Å². The molecule has 0 amide bonds. The van der Waals surface area contributed by atoms with Crippen LogP contribution in [0.2, 0.25) is 5.15 Å². The second-order valence-corrected chi connectivity index (χ2v) is 7.40. The number of sulfonamides is 1. The first-order valence-electron chi connectivity index (χ1n) is 6.74. The summed E-state index contributed by atoms with van der Waals surface area (Å²) >= 11 is 5.71. The van der Waals surface area contributed by atoms with E-state index in [9.17, 15) is 8.42 Å². The molecular formula is C15H15ClN2O2S. The highest BCUT2D eigenvalue weighted by atomic mass is 35.5. The molecule has 0 aliphatic carbocycles. The van der Waals surface area contributed by atoms with E-state index in [4.69, 9.17) is 11.6 Å². The maximum absolute atomic E-state index is 12.6. The summed E-state index contributed by atoms with van der Waals surface area (Å²) in [5, 5.41) is 0.289. The molecule has 1 aliphatic heterocycles. The summed E-state index contributed by atoms with van der Waals surface area (Å²) in [5.41, 5.74) is 1.18. The standard InChI is InChI=1S/C15H15ClN2O2S/c16-15-7-6-14(10-17-15)21(19,20)18-9-8-13(11-18)12-4-2-1-3-5-12/h1-7,10,13H,8-9,11H2. The predicted molar refractivity (Wildman–Crippen MR) is 81.8 cm³/mol. The Kier molecular flexibility index (Phi) is 3.97. The van der Waals surface area contributed by atoms with Crippen LogP contribution in [0, 0.1) is 0 Å². The monoisotopic (exact) mass is 322 g/mol. The van der Waals surface area contributed by atoms with Crippen LogP contribution in [0.3, 0.4) is 0 Å². The van der Waals surface area contributed by atoms with E-state index in [1.165, 1.54) is 28.2 Å². The summed E-state index contributed by atoms with van der Waals surface area (Å²) < 4.78 is 26.7. The molecule has 1 aliphatic rings. The first kappa shape index (κ1) is 14.5. The van der Waals surface area contributed by atoms with E-state index in [-0.39, 0.29) is 16.0 Å².